The first kappa shape index (κ1) is 14.5. The van der Waals surface area contributed by atoms with Gasteiger partial charge in [-0.2, -0.15) is 0 Å². The summed E-state index contributed by atoms with van der Waals surface area (Å²) in [4.78, 5) is 11.6. The van der Waals surface area contributed by atoms with Crippen molar-refractivity contribution in [2.24, 2.45) is 5.92 Å². The van der Waals surface area contributed by atoms with Crippen molar-refractivity contribution in [3.63, 3.8) is 0 Å². The maximum absolute atomic E-state index is 11.6. The monoisotopic (exact) mass is 235 g/mol. The molecule has 0 rings (SSSR count). The number of carbonyl (C=O) groups excluding carboxylic acids is 1. The van der Waals surface area contributed by atoms with Crippen LogP contribution in [0, 0.1) is 5.92 Å². The highest BCUT2D eigenvalue weighted by Crippen LogP contribution is 2.09. The molecule has 0 heterocycles. The summed E-state index contributed by atoms with van der Waals surface area (Å²) in [7, 11) is -3.07. The fourth-order valence-electron chi connectivity index (χ4n) is 1.24. The molecule has 0 aromatic heterocycles. The molecule has 0 aromatic rings. The van der Waals surface area contributed by atoms with Crippen molar-refractivity contribution in [2.45, 2.75) is 39.7 Å². The van der Waals surface area contributed by atoms with Crippen molar-refractivity contribution < 1.29 is 13.6 Å². The van der Waals surface area contributed by atoms with E-state index >= 15 is 0 Å². The minimum Gasteiger partial charge on any atom is -0.350 e. The summed E-state index contributed by atoms with van der Waals surface area (Å²) < 4.78 is 20.2. The largest absolute Gasteiger partial charge is 0.350 e. The molecule has 1 amide bonds. The van der Waals surface area contributed by atoms with Gasteiger partial charge in [0.2, 0.25) is 5.91 Å². The summed E-state index contributed by atoms with van der Waals surface area (Å²) in [5.74, 6) is 2.95. The van der Waals surface area contributed by atoms with Gasteiger partial charge < -0.3 is 9.87 Å². The van der Waals surface area contributed by atoms with E-state index in [4.69, 9.17) is 4.55 Å². The summed E-state index contributed by atoms with van der Waals surface area (Å²) in [6, 6.07) is 0. The third-order valence-electron chi connectivity index (χ3n) is 2.11. The average Bonchev–Trinajstić information content (AvgIpc) is 1.96. The topological polar surface area (TPSA) is 66.4 Å². The highest BCUT2D eigenvalue weighted by Gasteiger charge is 2.25. The smallest absolute Gasteiger partial charge is 0.223 e. The molecule has 0 saturated heterocycles. The SMILES string of the molecule is C=S(=O)(O)CC(C)(C)NC(=O)C(C)CC. The highest BCUT2D eigenvalue weighted by molar-refractivity contribution is 7.95. The Balaban J connectivity index is 4.45. The first-order chi connectivity index (χ1) is 6.57. The van der Waals surface area contributed by atoms with Crippen molar-refractivity contribution in [1.82, 2.24) is 5.32 Å². The molecule has 0 aliphatic rings. The molecule has 0 bridgehead atoms. The molecule has 0 aliphatic carbocycles. The van der Waals surface area contributed by atoms with Gasteiger partial charge >= 0.3 is 0 Å². The van der Waals surface area contributed by atoms with E-state index in [1.54, 1.807) is 13.8 Å². The number of amides is 1. The van der Waals surface area contributed by atoms with Crippen LogP contribution in [0.2, 0.25) is 0 Å². The Bertz CT molecular complexity index is 320. The van der Waals surface area contributed by atoms with E-state index in [-0.39, 0.29) is 17.6 Å². The van der Waals surface area contributed by atoms with Crippen molar-refractivity contribution in [1.29, 1.82) is 0 Å². The Morgan fingerprint density at radius 2 is 2.07 bits per heavy atom. The molecule has 0 aliphatic heterocycles. The van der Waals surface area contributed by atoms with Crippen molar-refractivity contribution in [3.05, 3.63) is 0 Å². The number of hydrogen-bond acceptors (Lipinski definition) is 2. The van der Waals surface area contributed by atoms with Crippen LogP contribution in [0.4, 0.5) is 0 Å². The zero-order valence-corrected chi connectivity index (χ0v) is 10.7. The quantitative estimate of drug-likeness (QED) is 0.702. The predicted octanol–water partition coefficient (Wildman–Crippen LogP) is 1.12. The van der Waals surface area contributed by atoms with Gasteiger partial charge in [0, 0.05) is 11.5 Å². The van der Waals surface area contributed by atoms with Gasteiger partial charge in [-0.1, -0.05) is 13.8 Å². The van der Waals surface area contributed by atoms with Gasteiger partial charge in [0.25, 0.3) is 0 Å². The average molecular weight is 235 g/mol. The summed E-state index contributed by atoms with van der Waals surface area (Å²) in [5, 5.41) is 2.75. The van der Waals surface area contributed by atoms with Gasteiger partial charge in [-0.3, -0.25) is 4.79 Å². The van der Waals surface area contributed by atoms with Crippen molar-refractivity contribution >= 4 is 21.6 Å². The number of rotatable bonds is 5. The highest BCUT2D eigenvalue weighted by atomic mass is 32.2. The molecule has 2 N–H and O–H groups in total. The fourth-order valence-corrected chi connectivity index (χ4v) is 2.44. The second-order valence-corrected chi connectivity index (χ2v) is 6.43. The third-order valence-corrected chi connectivity index (χ3v) is 3.28. The van der Waals surface area contributed by atoms with Crippen molar-refractivity contribution in [2.75, 3.05) is 5.75 Å². The normalized spacial score (nSPS) is 17.9. The van der Waals surface area contributed by atoms with E-state index in [2.05, 4.69) is 11.2 Å². The van der Waals surface area contributed by atoms with Crippen LogP contribution in [0.25, 0.3) is 0 Å². The molecule has 0 radical (unpaired) electrons. The summed E-state index contributed by atoms with van der Waals surface area (Å²) in [6.07, 6.45) is 0.751. The van der Waals surface area contributed by atoms with Crippen LogP contribution in [0.5, 0.6) is 0 Å². The van der Waals surface area contributed by atoms with Crippen LogP contribution in [-0.2, 0) is 14.6 Å². The molecule has 15 heavy (non-hydrogen) atoms. The zero-order chi connectivity index (χ0) is 12.3. The molecule has 90 valence electrons. The lowest BCUT2D eigenvalue weighted by atomic mass is 10.0. The molecule has 5 heteroatoms. The van der Waals surface area contributed by atoms with Crippen LogP contribution in [0.15, 0.2) is 0 Å². The van der Waals surface area contributed by atoms with Crippen LogP contribution in [0.3, 0.4) is 0 Å². The van der Waals surface area contributed by atoms with Gasteiger partial charge in [-0.05, 0) is 26.1 Å². The Labute approximate surface area is 92.3 Å². The molecule has 0 saturated carbocycles. The van der Waals surface area contributed by atoms with E-state index in [1.807, 2.05) is 13.8 Å². The van der Waals surface area contributed by atoms with E-state index in [0.29, 0.717) is 0 Å². The van der Waals surface area contributed by atoms with Gasteiger partial charge in [0.05, 0.1) is 15.6 Å². The molecule has 0 fully saturated rings. The molecule has 0 spiro atoms. The van der Waals surface area contributed by atoms with E-state index < -0.39 is 15.3 Å². The lowest BCUT2D eigenvalue weighted by molar-refractivity contribution is -0.125. The Hall–Kier alpha value is -0.550. The van der Waals surface area contributed by atoms with E-state index in [9.17, 15) is 9.00 Å². The minimum absolute atomic E-state index is 0.0395. The predicted molar refractivity (Wildman–Crippen MR) is 64.4 cm³/mol. The summed E-state index contributed by atoms with van der Waals surface area (Å²) in [6.45, 7) is 7.18. The van der Waals surface area contributed by atoms with E-state index in [1.165, 1.54) is 0 Å². The standard InChI is InChI=1S/C10H21NO3S/c1-6-8(2)9(12)11-10(3,4)7-15(5,13)14/h8H,5-7H2,1-4H3,(H,11,12)(H,13,14). The van der Waals surface area contributed by atoms with Crippen molar-refractivity contribution in [3.8, 4) is 0 Å². The first-order valence-electron chi connectivity index (χ1n) is 4.97. The van der Waals surface area contributed by atoms with Gasteiger partial charge in [0.15, 0.2) is 0 Å². The summed E-state index contributed by atoms with van der Waals surface area (Å²) >= 11 is 0. The molecule has 2 unspecified atom stereocenters. The van der Waals surface area contributed by atoms with Gasteiger partial charge in [-0.25, -0.2) is 4.21 Å². The zero-order valence-electron chi connectivity index (χ0n) is 9.87. The number of carbonyl (C=O) groups is 1. The Morgan fingerprint density at radius 1 is 1.60 bits per heavy atom. The first-order valence-corrected chi connectivity index (χ1v) is 6.82. The lowest BCUT2D eigenvalue weighted by Crippen LogP contribution is -2.49. The maximum Gasteiger partial charge on any atom is 0.223 e. The Kier molecular flexibility index (Phi) is 4.80. The molecular weight excluding hydrogens is 214 g/mol. The number of hydrogen-bond donors (Lipinski definition) is 2. The second kappa shape index (κ2) is 4.99. The Morgan fingerprint density at radius 3 is 2.40 bits per heavy atom. The van der Waals surface area contributed by atoms with Crippen LogP contribution in [-0.4, -0.2) is 31.8 Å². The molecule has 2 atom stereocenters. The molecule has 4 nitrogen and oxygen atoms in total. The van der Waals surface area contributed by atoms with E-state index in [0.717, 1.165) is 6.42 Å². The third kappa shape index (κ3) is 6.52. The maximum atomic E-state index is 11.6. The summed E-state index contributed by atoms with van der Waals surface area (Å²) in [5.41, 5.74) is -0.700. The molecular formula is C10H21NO3S. The minimum atomic E-state index is -3.07. The lowest BCUT2D eigenvalue weighted by Gasteiger charge is -2.27. The second-order valence-electron chi connectivity index (χ2n) is 4.60. The van der Waals surface area contributed by atoms with Gasteiger partial charge in [-0.15, -0.1) is 0 Å². The molecule has 0 aromatic carbocycles. The van der Waals surface area contributed by atoms with Gasteiger partial charge in [0.1, 0.15) is 0 Å². The van der Waals surface area contributed by atoms with Crippen LogP contribution < -0.4 is 5.32 Å². The number of nitrogens with one attached hydrogen (secondary N) is 1. The fraction of sp³-hybridized carbons (Fsp3) is 0.800. The van der Waals surface area contributed by atoms with Crippen LogP contribution in [0.1, 0.15) is 34.1 Å². The van der Waals surface area contributed by atoms with Crippen LogP contribution >= 0.6 is 0 Å².